The molecule has 0 saturated heterocycles. The van der Waals surface area contributed by atoms with Crippen molar-refractivity contribution in [1.82, 2.24) is 0 Å². The molecule has 1 aromatic carbocycles. The molecule has 1 aromatic rings. The van der Waals surface area contributed by atoms with Gasteiger partial charge in [0.15, 0.2) is 0 Å². The predicted molar refractivity (Wildman–Crippen MR) is 83.5 cm³/mol. The highest BCUT2D eigenvalue weighted by Crippen LogP contribution is 2.48. The zero-order valence-corrected chi connectivity index (χ0v) is 14.5. The number of aliphatic hydroxyl groups is 1. The van der Waals surface area contributed by atoms with Crippen LogP contribution in [0.25, 0.3) is 0 Å². The van der Waals surface area contributed by atoms with Crippen LogP contribution < -0.4 is 4.74 Å². The summed E-state index contributed by atoms with van der Waals surface area (Å²) in [5.41, 5.74) is -4.83. The smallest absolute Gasteiger partial charge is 0.428 e. The molecule has 2 atom stereocenters. The molecule has 0 aliphatic heterocycles. The van der Waals surface area contributed by atoms with Gasteiger partial charge in [0.2, 0.25) is 0 Å². The van der Waals surface area contributed by atoms with E-state index < -0.39 is 29.1 Å². The molecule has 0 spiro atoms. The first-order chi connectivity index (χ1) is 10.8. The van der Waals surface area contributed by atoms with Gasteiger partial charge in [-0.3, -0.25) is 0 Å². The second kappa shape index (κ2) is 6.80. The molecular formula is C16H20ClF3O4. The van der Waals surface area contributed by atoms with Gasteiger partial charge in [0.1, 0.15) is 5.75 Å². The Labute approximate surface area is 143 Å². The Morgan fingerprint density at radius 2 is 1.88 bits per heavy atom. The molecule has 24 heavy (non-hydrogen) atoms. The Morgan fingerprint density at radius 3 is 2.25 bits per heavy atom. The predicted octanol–water partition coefficient (Wildman–Crippen LogP) is 4.03. The van der Waals surface area contributed by atoms with E-state index in [0.717, 1.165) is 0 Å². The van der Waals surface area contributed by atoms with Gasteiger partial charge in [-0.2, -0.15) is 13.2 Å². The van der Waals surface area contributed by atoms with E-state index in [1.807, 2.05) is 0 Å². The van der Waals surface area contributed by atoms with E-state index in [-0.39, 0.29) is 17.2 Å². The number of ether oxygens (including phenoxy) is 1. The van der Waals surface area contributed by atoms with E-state index in [1.165, 1.54) is 46.1 Å². The molecular weight excluding hydrogens is 349 g/mol. The van der Waals surface area contributed by atoms with Crippen LogP contribution in [-0.2, 0) is 10.2 Å². The number of hydrogen-bond acceptors (Lipinski definition) is 3. The first-order valence-electron chi connectivity index (χ1n) is 7.20. The Morgan fingerprint density at radius 1 is 1.33 bits per heavy atom. The van der Waals surface area contributed by atoms with Crippen molar-refractivity contribution < 1.29 is 32.9 Å². The highest BCUT2D eigenvalue weighted by molar-refractivity contribution is 6.32. The van der Waals surface area contributed by atoms with Crippen LogP contribution >= 0.6 is 11.6 Å². The van der Waals surface area contributed by atoms with Gasteiger partial charge in [-0.15, -0.1) is 0 Å². The lowest BCUT2D eigenvalue weighted by Crippen LogP contribution is -2.61. The molecule has 0 radical (unpaired) electrons. The van der Waals surface area contributed by atoms with E-state index in [9.17, 15) is 23.1 Å². The summed E-state index contributed by atoms with van der Waals surface area (Å²) in [7, 11) is 1.36. The summed E-state index contributed by atoms with van der Waals surface area (Å²) in [5, 5.41) is 19.5. The number of hydrogen-bond donors (Lipinski definition) is 2. The molecule has 0 saturated carbocycles. The maximum atomic E-state index is 13.4. The van der Waals surface area contributed by atoms with Crippen molar-refractivity contribution in [2.24, 2.45) is 5.92 Å². The van der Waals surface area contributed by atoms with Crippen LogP contribution in [0.3, 0.4) is 0 Å². The van der Waals surface area contributed by atoms with Crippen molar-refractivity contribution in [2.45, 2.75) is 44.4 Å². The number of carbonyl (C=O) groups is 1. The Bertz CT molecular complexity index is 616. The first kappa shape index (κ1) is 20.6. The topological polar surface area (TPSA) is 66.8 Å². The van der Waals surface area contributed by atoms with E-state index in [1.54, 1.807) is 0 Å². The van der Waals surface area contributed by atoms with Crippen LogP contribution in [0.5, 0.6) is 5.75 Å². The van der Waals surface area contributed by atoms with Gasteiger partial charge >= 0.3 is 12.1 Å². The third-order valence-electron chi connectivity index (χ3n) is 4.44. The fourth-order valence-electron chi connectivity index (χ4n) is 3.06. The zero-order valence-electron chi connectivity index (χ0n) is 13.7. The van der Waals surface area contributed by atoms with Gasteiger partial charge in [-0.05, 0) is 29.5 Å². The van der Waals surface area contributed by atoms with Gasteiger partial charge in [-0.25, -0.2) is 4.79 Å². The van der Waals surface area contributed by atoms with Crippen LogP contribution in [0, 0.1) is 5.92 Å². The lowest BCUT2D eigenvalue weighted by atomic mass is 9.64. The third-order valence-corrected chi connectivity index (χ3v) is 4.75. The van der Waals surface area contributed by atoms with Crippen molar-refractivity contribution in [3.8, 4) is 5.75 Å². The number of carboxylic acid groups (broad SMARTS) is 1. The highest BCUT2D eigenvalue weighted by atomic mass is 35.5. The minimum Gasteiger partial charge on any atom is -0.495 e. The van der Waals surface area contributed by atoms with E-state index in [2.05, 4.69) is 0 Å². The number of benzene rings is 1. The van der Waals surface area contributed by atoms with Crippen LogP contribution in [0.15, 0.2) is 18.2 Å². The molecule has 0 heterocycles. The molecule has 2 N–H and O–H groups in total. The maximum absolute atomic E-state index is 13.4. The zero-order chi connectivity index (χ0) is 18.9. The van der Waals surface area contributed by atoms with E-state index in [4.69, 9.17) is 21.4 Å². The summed E-state index contributed by atoms with van der Waals surface area (Å²) in [6.07, 6.45) is -5.53. The summed E-state index contributed by atoms with van der Waals surface area (Å²) in [4.78, 5) is 11.3. The van der Waals surface area contributed by atoms with E-state index >= 15 is 0 Å². The highest BCUT2D eigenvalue weighted by Gasteiger charge is 2.66. The minimum atomic E-state index is -5.33. The second-order valence-corrected chi connectivity index (χ2v) is 6.51. The molecule has 2 unspecified atom stereocenters. The summed E-state index contributed by atoms with van der Waals surface area (Å²) in [5.74, 6) is -3.70. The lowest BCUT2D eigenvalue weighted by molar-refractivity contribution is -0.282. The molecule has 0 aromatic heterocycles. The maximum Gasteiger partial charge on any atom is 0.428 e. The summed E-state index contributed by atoms with van der Waals surface area (Å²) >= 11 is 5.92. The summed E-state index contributed by atoms with van der Waals surface area (Å²) < 4.78 is 45.2. The number of halogens is 4. The van der Waals surface area contributed by atoms with Crippen molar-refractivity contribution in [1.29, 1.82) is 0 Å². The number of methoxy groups -OCH3 is 1. The fourth-order valence-corrected chi connectivity index (χ4v) is 3.25. The van der Waals surface area contributed by atoms with Crippen molar-refractivity contribution in [3.63, 3.8) is 0 Å². The van der Waals surface area contributed by atoms with Crippen LogP contribution in [0.2, 0.25) is 5.02 Å². The number of alkyl halides is 3. The first-order valence-corrected chi connectivity index (χ1v) is 7.58. The summed E-state index contributed by atoms with van der Waals surface area (Å²) in [6, 6.07) is 4.40. The van der Waals surface area contributed by atoms with Crippen LogP contribution in [-0.4, -0.2) is 35.1 Å². The largest absolute Gasteiger partial charge is 0.495 e. The van der Waals surface area contributed by atoms with Crippen molar-refractivity contribution in [3.05, 3.63) is 28.8 Å². The second-order valence-electron chi connectivity index (χ2n) is 6.10. The van der Waals surface area contributed by atoms with Crippen molar-refractivity contribution >= 4 is 17.6 Å². The van der Waals surface area contributed by atoms with Gasteiger partial charge in [-0.1, -0.05) is 38.4 Å². The van der Waals surface area contributed by atoms with Crippen LogP contribution in [0.4, 0.5) is 13.2 Å². The van der Waals surface area contributed by atoms with Gasteiger partial charge in [0.25, 0.3) is 5.60 Å². The average Bonchev–Trinajstić information content (AvgIpc) is 2.46. The molecule has 8 heteroatoms. The number of aliphatic carboxylic acids is 1. The lowest BCUT2D eigenvalue weighted by Gasteiger charge is -2.43. The summed E-state index contributed by atoms with van der Waals surface area (Å²) in [6.45, 7) is 4.30. The monoisotopic (exact) mass is 368 g/mol. The van der Waals surface area contributed by atoms with Crippen molar-refractivity contribution in [2.75, 3.05) is 7.11 Å². The Kier molecular flexibility index (Phi) is 5.83. The average molecular weight is 369 g/mol. The molecule has 1 rings (SSSR count). The third kappa shape index (κ3) is 3.32. The Balaban J connectivity index is 3.53. The standard InChI is InChI=1S/C16H20ClF3O4/c1-5-12(15(23,13(21)22)16(18,19)20)14(2,3)9-6-7-10(17)11(8-9)24-4/h6-8,12,23H,5H2,1-4H3,(H,21,22). The number of rotatable bonds is 6. The molecule has 0 amide bonds. The SMILES string of the molecule is CCC(C(C)(C)c1ccc(Cl)c(OC)c1)C(O)(C(=O)O)C(F)(F)F. The molecule has 0 aliphatic rings. The Hall–Kier alpha value is -1.47. The molecule has 136 valence electrons. The quantitative estimate of drug-likeness (QED) is 0.795. The van der Waals surface area contributed by atoms with Gasteiger partial charge in [0.05, 0.1) is 12.1 Å². The molecule has 4 nitrogen and oxygen atoms in total. The van der Waals surface area contributed by atoms with Crippen LogP contribution in [0.1, 0.15) is 32.8 Å². The molecule has 0 bridgehead atoms. The normalized spacial score (nSPS) is 16.4. The fraction of sp³-hybridized carbons (Fsp3) is 0.562. The van der Waals surface area contributed by atoms with E-state index in [0.29, 0.717) is 5.56 Å². The van der Waals surface area contributed by atoms with Gasteiger partial charge in [0, 0.05) is 5.92 Å². The minimum absolute atomic E-state index is 0.208. The molecule has 0 aliphatic carbocycles. The number of carboxylic acids is 1. The molecule has 0 fully saturated rings. The van der Waals surface area contributed by atoms with Gasteiger partial charge < -0.3 is 14.9 Å².